The third kappa shape index (κ3) is 17.9. The van der Waals surface area contributed by atoms with E-state index in [9.17, 15) is 38.4 Å². The third-order valence-electron chi connectivity index (χ3n) is 22.3. The van der Waals surface area contributed by atoms with E-state index in [1.165, 1.54) is 64.1 Å². The molecule has 37 nitrogen and oxygen atoms in total. The lowest BCUT2D eigenvalue weighted by molar-refractivity contribution is -0.121. The number of nitrogens with one attached hydrogen (secondary N) is 7. The molecule has 0 saturated heterocycles. The van der Waals surface area contributed by atoms with Crippen molar-refractivity contribution in [3.63, 3.8) is 0 Å². The Morgan fingerprint density at radius 3 is 0.952 bits per heavy atom. The van der Waals surface area contributed by atoms with Gasteiger partial charge in [-0.15, -0.1) is 32.8 Å². The fourth-order valence-electron chi connectivity index (χ4n) is 16.0. The number of aromatic amines is 4. The molecule has 4 aliphatic heterocycles. The van der Waals surface area contributed by atoms with Gasteiger partial charge in [0, 0.05) is 76.6 Å². The van der Waals surface area contributed by atoms with Crippen LogP contribution in [0.1, 0.15) is 167 Å². The molecule has 9 N–H and O–H groups in total. The van der Waals surface area contributed by atoms with Crippen LogP contribution in [0.5, 0.6) is 23.0 Å². The molecule has 0 saturated carbocycles. The molecule has 2 unspecified atom stereocenters. The summed E-state index contributed by atoms with van der Waals surface area (Å²) in [5.74, 6) is 3.93. The zero-order chi connectivity index (χ0) is 85.4. The molecule has 0 bridgehead atoms. The van der Waals surface area contributed by atoms with Crippen molar-refractivity contribution in [1.29, 1.82) is 0 Å². The quantitative estimate of drug-likeness (QED) is 0.0602. The van der Waals surface area contributed by atoms with Crippen molar-refractivity contribution in [3.8, 4) is 23.0 Å². The van der Waals surface area contributed by atoms with Gasteiger partial charge in [0.1, 0.15) is 73.9 Å². The number of H-pyrrole nitrogens is 4. The summed E-state index contributed by atoms with van der Waals surface area (Å²) in [7, 11) is 6.45. The summed E-state index contributed by atoms with van der Waals surface area (Å²) in [6.07, 6.45) is 14.1. The fourth-order valence-corrected chi connectivity index (χ4v) is 16.0. The Hall–Kier alpha value is -14.8. The molecular formula is C86H87ClN24O13. The Balaban J connectivity index is 0.000000123. The van der Waals surface area contributed by atoms with E-state index < -0.39 is 47.9 Å². The minimum absolute atomic E-state index is 0. The van der Waals surface area contributed by atoms with Gasteiger partial charge in [0.25, 0.3) is 41.3 Å². The number of hydrogen-bond acceptors (Lipinski definition) is 26. The number of likely N-dealkylation sites (N-methyl/N-ethyl adjacent to an activating group) is 4. The number of carbonyl (C=O) groups excluding carboxylic acids is 8. The van der Waals surface area contributed by atoms with Crippen molar-refractivity contribution in [2.45, 2.75) is 106 Å². The molecule has 8 aromatic heterocycles. The highest BCUT2D eigenvalue weighted by Crippen LogP contribution is 2.41. The van der Waals surface area contributed by atoms with Crippen LogP contribution in [0.4, 0.5) is 23.3 Å². The van der Waals surface area contributed by atoms with E-state index in [0.717, 1.165) is 57.2 Å². The summed E-state index contributed by atoms with van der Waals surface area (Å²) in [6.45, 7) is 2.29. The Labute approximate surface area is 715 Å². The normalized spacial score (nSPS) is 19.7. The number of aryl methyl sites for hydroxylation is 4. The molecule has 38 heteroatoms. The predicted octanol–water partition coefficient (Wildman–Crippen LogP) is 6.54. The number of nitrogens with zero attached hydrogens (tertiary/aromatic N) is 16. The number of ether oxygens (including phenoxy) is 5. The van der Waals surface area contributed by atoms with Gasteiger partial charge in [-0.2, -0.15) is 0 Å². The first-order chi connectivity index (χ1) is 59.8. The average Bonchev–Trinajstić information content (AvgIpc) is 1.67. The molecule has 4 aromatic carbocycles. The third-order valence-corrected chi connectivity index (χ3v) is 22.3. The van der Waals surface area contributed by atoms with Crippen molar-refractivity contribution >= 4 is 83.0 Å². The first kappa shape index (κ1) is 84.3. The van der Waals surface area contributed by atoms with Gasteiger partial charge in [0.05, 0.1) is 6.61 Å². The van der Waals surface area contributed by atoms with Gasteiger partial charge in [-0.1, -0.05) is 97.1 Å². The Bertz CT molecular complexity index is 5540. The number of anilines is 4. The number of carbonyl (C=O) groups is 8. The van der Waals surface area contributed by atoms with Gasteiger partial charge < -0.3 is 45.4 Å². The minimum atomic E-state index is -0.870. The zero-order valence-electron chi connectivity index (χ0n) is 67.9. The second-order valence-electron chi connectivity index (χ2n) is 29.9. The Kier molecular flexibility index (Phi) is 25.5. The molecule has 0 radical (unpaired) electrons. The molecule has 12 heterocycles. The largest absolute Gasteiger partial charge is 0.488 e. The smallest absolute Gasteiger partial charge is 0.378 e. The summed E-state index contributed by atoms with van der Waals surface area (Å²) >= 11 is 0. The van der Waals surface area contributed by atoms with Gasteiger partial charge >= 0.3 is 5.97 Å². The van der Waals surface area contributed by atoms with Gasteiger partial charge in [-0.3, -0.25) is 73.6 Å². The molecule has 7 amide bonds. The van der Waals surface area contributed by atoms with E-state index in [1.807, 2.05) is 48.5 Å². The Morgan fingerprint density at radius 2 is 0.653 bits per heavy atom. The molecule has 0 fully saturated rings. The molecular weight excluding hydrogens is 1610 g/mol. The van der Waals surface area contributed by atoms with Crippen LogP contribution >= 0.6 is 12.4 Å². The number of fused-ring (bicyclic) bond motifs is 8. The molecule has 124 heavy (non-hydrogen) atoms. The number of nitrogens with two attached hydrogens (primary N) is 1. The van der Waals surface area contributed by atoms with E-state index in [1.54, 1.807) is 108 Å². The van der Waals surface area contributed by atoms with E-state index >= 15 is 0 Å². The second-order valence-corrected chi connectivity index (χ2v) is 29.9. The maximum absolute atomic E-state index is 12.8. The standard InChI is InChI=1S/3C21H20N6O3.C14H15N3O2.C9H11N3O2.ClH/c3*1-27-19-16(7-4-10-22-19)30-11-15(21(27)29)23-20(28)18-24-17(25-26-18)14-9-8-12-5-2-3-6-13(12)14;1-2-19-14(18)13-15-12(16-17-13)11-8-7-9-5-3-4-6-10(9)11;1-12-8-7(3-2-4-11-8)14-5-6(10)9(12)13;/h3*2-7,10,14-15H,8-9,11H2,1H3,(H,23,28)(H,24,25,26);3-6,11H,2,7-8H2,1H3,(H,15,16,17);2-4,6H,5,10H2,1H3;1H/t14?,15-;14-,15+;14-,15-;;6-;/m010.0./s1. The highest BCUT2D eigenvalue weighted by Gasteiger charge is 2.39. The summed E-state index contributed by atoms with van der Waals surface area (Å²) in [5, 5.41) is 35.8. The first-order valence-electron chi connectivity index (χ1n) is 40.1. The maximum Gasteiger partial charge on any atom is 0.378 e. The monoisotopic (exact) mass is 1700 g/mol. The van der Waals surface area contributed by atoms with Crippen LogP contribution < -0.4 is 60.2 Å². The predicted molar refractivity (Wildman–Crippen MR) is 449 cm³/mol. The molecule has 0 spiro atoms. The number of amides is 7. The molecule has 20 rings (SSSR count). The SMILES string of the molecule is CCOC(=O)c1n[nH]c(C2CCc3ccccc32)n1.CN1C(=O)[C@@H](N)COc2cccnc21.CN1C(=O)[C@@H](NC(=O)c2n[nH]c(C3CCc4ccccc43)n2)COc2cccnc21.CN1C(=O)[C@@H](NC(=O)c2n[nH]c([C@@H]3CCc4ccccc43)n2)COc2cccnc21.CN1C(=O)[C@@H](NC(=O)c2n[nH]c([C@H]3CCc4ccccc43)n2)COc2cccnc21.Cl. The second kappa shape index (κ2) is 37.5. The van der Waals surface area contributed by atoms with Crippen molar-refractivity contribution in [3.05, 3.63) is 261 Å². The summed E-state index contributed by atoms with van der Waals surface area (Å²) in [4.78, 5) is 139. The lowest BCUT2D eigenvalue weighted by atomic mass is 10.0. The average molecular weight is 1700 g/mol. The van der Waals surface area contributed by atoms with E-state index in [2.05, 4.69) is 145 Å². The van der Waals surface area contributed by atoms with E-state index in [4.69, 9.17) is 29.4 Å². The fraction of sp³-hybridized carbons (Fsp3) is 0.302. The summed E-state index contributed by atoms with van der Waals surface area (Å²) in [5.41, 5.74) is 15.7. The molecule has 8 atom stereocenters. The van der Waals surface area contributed by atoms with Crippen LogP contribution in [0.25, 0.3) is 0 Å². The number of hydrogen-bond donors (Lipinski definition) is 8. The maximum atomic E-state index is 12.8. The lowest BCUT2D eigenvalue weighted by Crippen LogP contribution is -2.49. The van der Waals surface area contributed by atoms with E-state index in [-0.39, 0.29) is 109 Å². The van der Waals surface area contributed by atoms with Gasteiger partial charge in [0.2, 0.25) is 23.4 Å². The summed E-state index contributed by atoms with van der Waals surface area (Å²) in [6, 6.07) is 43.7. The lowest BCUT2D eigenvalue weighted by Gasteiger charge is -2.18. The zero-order valence-corrected chi connectivity index (χ0v) is 68.7. The van der Waals surface area contributed by atoms with Crippen molar-refractivity contribution in [2.75, 3.05) is 80.8 Å². The first-order valence-corrected chi connectivity index (χ1v) is 40.1. The highest BCUT2D eigenvalue weighted by molar-refractivity contribution is 6.04. The number of benzene rings is 4. The number of aromatic nitrogens is 16. The molecule has 636 valence electrons. The van der Waals surface area contributed by atoms with Gasteiger partial charge in [-0.05, 0) is 151 Å². The number of esters is 1. The molecule has 12 aromatic rings. The van der Waals surface area contributed by atoms with Crippen molar-refractivity contribution in [2.24, 2.45) is 5.73 Å². The van der Waals surface area contributed by atoms with Crippen LogP contribution in [0.3, 0.4) is 0 Å². The molecule has 8 aliphatic rings. The van der Waals surface area contributed by atoms with Crippen molar-refractivity contribution in [1.82, 2.24) is 96.6 Å². The topological polar surface area (TPSA) is 476 Å². The number of pyridine rings is 4. The summed E-state index contributed by atoms with van der Waals surface area (Å²) < 4.78 is 27.3. The van der Waals surface area contributed by atoms with Gasteiger partial charge in [0.15, 0.2) is 46.3 Å². The van der Waals surface area contributed by atoms with Crippen LogP contribution in [0.2, 0.25) is 0 Å². The Morgan fingerprint density at radius 1 is 0.387 bits per heavy atom. The molecule has 4 aliphatic carbocycles. The van der Waals surface area contributed by atoms with Crippen molar-refractivity contribution < 1.29 is 62.0 Å². The van der Waals surface area contributed by atoms with E-state index in [0.29, 0.717) is 70.3 Å². The number of rotatable bonds is 12. The van der Waals surface area contributed by atoms with Crippen LogP contribution in [0, 0.1) is 0 Å². The minimum Gasteiger partial charge on any atom is -0.488 e. The van der Waals surface area contributed by atoms with Crippen LogP contribution in [-0.4, -0.2) is 213 Å². The number of halogens is 1. The van der Waals surface area contributed by atoms with Crippen LogP contribution in [-0.2, 0) is 49.6 Å². The van der Waals surface area contributed by atoms with Crippen LogP contribution in [0.15, 0.2) is 170 Å². The van der Waals surface area contributed by atoms with Gasteiger partial charge in [-0.25, -0.2) is 44.7 Å². The highest BCUT2D eigenvalue weighted by atomic mass is 35.5.